The summed E-state index contributed by atoms with van der Waals surface area (Å²) >= 11 is 0. The Balaban J connectivity index is 1.78. The summed E-state index contributed by atoms with van der Waals surface area (Å²) in [7, 11) is 0. The van der Waals surface area contributed by atoms with Crippen molar-refractivity contribution in [2.75, 3.05) is 6.61 Å². The largest absolute Gasteiger partial charge is 0.343 e. The predicted octanol–water partition coefficient (Wildman–Crippen LogP) is 5.59. The number of aryl methyl sites for hydroxylation is 1. The first-order valence-corrected chi connectivity index (χ1v) is 10.7. The Labute approximate surface area is 183 Å². The molecule has 4 rings (SSSR count). The average Bonchev–Trinajstić information content (AvgIpc) is 3.15. The van der Waals surface area contributed by atoms with Gasteiger partial charge in [-0.25, -0.2) is 5.48 Å². The molecule has 0 fully saturated rings. The number of hydrogen-bond acceptors (Lipinski definition) is 2. The smallest absolute Gasteiger partial charge is 0.244 e. The summed E-state index contributed by atoms with van der Waals surface area (Å²) in [6.45, 7) is 5.17. The summed E-state index contributed by atoms with van der Waals surface area (Å²) in [5.74, 6) is -0.185. The minimum Gasteiger partial charge on any atom is -0.343 e. The Morgan fingerprint density at radius 2 is 1.77 bits per heavy atom. The molecule has 31 heavy (non-hydrogen) atoms. The molecule has 0 spiro atoms. The first kappa shape index (κ1) is 20.9. The quantitative estimate of drug-likeness (QED) is 0.384. The number of carbonyl (C=O) groups excluding carboxylic acids is 1. The van der Waals surface area contributed by atoms with Gasteiger partial charge in [0.25, 0.3) is 0 Å². The van der Waals surface area contributed by atoms with Gasteiger partial charge in [0.1, 0.15) is 0 Å². The number of rotatable bonds is 8. The van der Waals surface area contributed by atoms with E-state index >= 15 is 0 Å². The molecule has 4 heteroatoms. The lowest BCUT2D eigenvalue weighted by Gasteiger charge is -2.17. The number of hydrogen-bond donors (Lipinski definition) is 1. The first-order valence-electron chi connectivity index (χ1n) is 10.7. The maximum absolute atomic E-state index is 12.6. The van der Waals surface area contributed by atoms with E-state index in [0.717, 1.165) is 17.7 Å². The molecule has 0 aliphatic carbocycles. The second-order valence-electron chi connectivity index (χ2n) is 7.84. The fourth-order valence-electron chi connectivity index (χ4n) is 4.14. The average molecular weight is 413 g/mol. The number of hydroxylamine groups is 1. The number of nitrogens with zero attached hydrogens (tertiary/aromatic N) is 1. The Morgan fingerprint density at radius 3 is 2.55 bits per heavy atom. The van der Waals surface area contributed by atoms with Gasteiger partial charge in [0, 0.05) is 36.0 Å². The molecule has 4 nitrogen and oxygen atoms in total. The van der Waals surface area contributed by atoms with Crippen LogP contribution in [-0.2, 0) is 16.2 Å². The second-order valence-corrected chi connectivity index (χ2v) is 7.84. The van der Waals surface area contributed by atoms with Crippen LogP contribution in [0.4, 0.5) is 0 Å². The lowest BCUT2D eigenvalue weighted by Crippen LogP contribution is -2.25. The number of carbonyl (C=O) groups is 1. The van der Waals surface area contributed by atoms with E-state index < -0.39 is 0 Å². The van der Waals surface area contributed by atoms with Gasteiger partial charge >= 0.3 is 0 Å². The zero-order valence-electron chi connectivity index (χ0n) is 18.0. The molecule has 4 aromatic rings. The summed E-state index contributed by atoms with van der Waals surface area (Å²) in [4.78, 5) is 17.8. The van der Waals surface area contributed by atoms with Crippen molar-refractivity contribution in [3.63, 3.8) is 0 Å². The van der Waals surface area contributed by atoms with Crippen LogP contribution in [0, 0.1) is 6.92 Å². The van der Waals surface area contributed by atoms with Crippen LogP contribution in [0.2, 0.25) is 0 Å². The minimum absolute atomic E-state index is 0.0673. The van der Waals surface area contributed by atoms with Gasteiger partial charge < -0.3 is 4.57 Å². The van der Waals surface area contributed by atoms with Gasteiger partial charge in [0.05, 0.1) is 6.61 Å². The zero-order valence-corrected chi connectivity index (χ0v) is 18.0. The van der Waals surface area contributed by atoms with Crippen molar-refractivity contribution < 1.29 is 9.63 Å². The van der Waals surface area contributed by atoms with Gasteiger partial charge in [-0.05, 0) is 36.6 Å². The Bertz CT molecular complexity index is 1160. The molecule has 0 saturated heterocycles. The van der Waals surface area contributed by atoms with E-state index in [-0.39, 0.29) is 11.8 Å². The van der Waals surface area contributed by atoms with Crippen molar-refractivity contribution in [3.05, 3.63) is 107 Å². The van der Waals surface area contributed by atoms with Gasteiger partial charge in [0.2, 0.25) is 5.91 Å². The van der Waals surface area contributed by atoms with Crippen LogP contribution in [0.25, 0.3) is 10.9 Å². The van der Waals surface area contributed by atoms with Gasteiger partial charge in [0.15, 0.2) is 0 Å². The van der Waals surface area contributed by atoms with Crippen molar-refractivity contribution in [1.82, 2.24) is 10.0 Å². The maximum atomic E-state index is 12.6. The van der Waals surface area contributed by atoms with Crippen LogP contribution in [0.5, 0.6) is 0 Å². The monoisotopic (exact) mass is 412 g/mol. The van der Waals surface area contributed by atoms with Gasteiger partial charge in [-0.2, -0.15) is 0 Å². The van der Waals surface area contributed by atoms with Gasteiger partial charge in [-0.1, -0.05) is 78.4 Å². The molecule has 1 amide bonds. The summed E-state index contributed by atoms with van der Waals surface area (Å²) in [6, 6.07) is 27.3. The SMILES string of the molecule is CCONC(=O)CC(c1cccc(C)c1)c1cn(Cc2ccccc2)c2ccccc12. The number of para-hydroxylation sites is 1. The molecule has 1 N–H and O–H groups in total. The Morgan fingerprint density at radius 1 is 1.00 bits per heavy atom. The molecule has 0 aliphatic rings. The predicted molar refractivity (Wildman–Crippen MR) is 125 cm³/mol. The van der Waals surface area contributed by atoms with E-state index in [1.54, 1.807) is 0 Å². The summed E-state index contributed by atoms with van der Waals surface area (Å²) in [5, 5.41) is 1.18. The third-order valence-corrected chi connectivity index (χ3v) is 5.55. The minimum atomic E-state index is -0.117. The number of amides is 1. The maximum Gasteiger partial charge on any atom is 0.244 e. The summed E-state index contributed by atoms with van der Waals surface area (Å²) < 4.78 is 2.28. The van der Waals surface area contributed by atoms with Crippen molar-refractivity contribution in [2.24, 2.45) is 0 Å². The third kappa shape index (κ3) is 4.86. The lowest BCUT2D eigenvalue weighted by molar-refractivity contribution is -0.133. The fraction of sp³-hybridized carbons (Fsp3) is 0.222. The number of fused-ring (bicyclic) bond motifs is 1. The highest BCUT2D eigenvalue weighted by Gasteiger charge is 2.23. The van der Waals surface area contributed by atoms with Gasteiger partial charge in [-0.3, -0.25) is 9.63 Å². The highest BCUT2D eigenvalue weighted by molar-refractivity contribution is 5.86. The van der Waals surface area contributed by atoms with Crippen molar-refractivity contribution >= 4 is 16.8 Å². The molecular weight excluding hydrogens is 384 g/mol. The molecule has 0 bridgehead atoms. The van der Waals surface area contributed by atoms with E-state index in [0.29, 0.717) is 13.0 Å². The molecule has 1 unspecified atom stereocenters. The molecule has 1 aromatic heterocycles. The molecule has 0 saturated carbocycles. The topological polar surface area (TPSA) is 43.3 Å². The lowest BCUT2D eigenvalue weighted by atomic mass is 9.87. The van der Waals surface area contributed by atoms with Crippen molar-refractivity contribution in [3.8, 4) is 0 Å². The van der Waals surface area contributed by atoms with Crippen molar-refractivity contribution in [1.29, 1.82) is 0 Å². The van der Waals surface area contributed by atoms with E-state index in [4.69, 9.17) is 4.84 Å². The molecular formula is C27H28N2O2. The Kier molecular flexibility index (Phi) is 6.48. The Hall–Kier alpha value is -3.37. The van der Waals surface area contributed by atoms with E-state index in [1.165, 1.54) is 22.0 Å². The van der Waals surface area contributed by atoms with Crippen LogP contribution in [0.15, 0.2) is 85.1 Å². The summed E-state index contributed by atoms with van der Waals surface area (Å²) in [6.07, 6.45) is 2.53. The van der Waals surface area contributed by atoms with Crippen LogP contribution in [-0.4, -0.2) is 17.1 Å². The first-order chi connectivity index (χ1) is 15.2. The van der Waals surface area contributed by atoms with Crippen LogP contribution in [0.1, 0.15) is 41.5 Å². The normalized spacial score (nSPS) is 12.1. The molecule has 158 valence electrons. The third-order valence-electron chi connectivity index (χ3n) is 5.55. The highest BCUT2D eigenvalue weighted by Crippen LogP contribution is 2.35. The molecule has 3 aromatic carbocycles. The van der Waals surface area contributed by atoms with Crippen LogP contribution >= 0.6 is 0 Å². The standard InChI is InChI=1S/C27H28N2O2/c1-3-31-28-27(30)17-24(22-13-9-10-20(2)16-22)25-19-29(18-21-11-5-4-6-12-21)26-15-8-7-14-23(25)26/h4-16,19,24H,3,17-18H2,1-2H3,(H,28,30). The molecule has 1 heterocycles. The number of nitrogens with one attached hydrogen (secondary N) is 1. The molecule has 0 radical (unpaired) electrons. The van der Waals surface area contributed by atoms with Crippen molar-refractivity contribution in [2.45, 2.75) is 32.7 Å². The van der Waals surface area contributed by atoms with Crippen LogP contribution in [0.3, 0.4) is 0 Å². The second kappa shape index (κ2) is 9.63. The van der Waals surface area contributed by atoms with Gasteiger partial charge in [-0.15, -0.1) is 0 Å². The number of aromatic nitrogens is 1. The van der Waals surface area contributed by atoms with E-state index in [1.807, 2.05) is 13.0 Å². The fourth-order valence-corrected chi connectivity index (χ4v) is 4.14. The summed E-state index contributed by atoms with van der Waals surface area (Å²) in [5.41, 5.74) is 8.45. The molecule has 0 aliphatic heterocycles. The van der Waals surface area contributed by atoms with Crippen LogP contribution < -0.4 is 5.48 Å². The number of benzene rings is 3. The van der Waals surface area contributed by atoms with E-state index in [9.17, 15) is 4.79 Å². The van der Waals surface area contributed by atoms with E-state index in [2.05, 4.69) is 96.0 Å². The zero-order chi connectivity index (χ0) is 21.6. The highest BCUT2D eigenvalue weighted by atomic mass is 16.6. The molecule has 1 atom stereocenters.